The van der Waals surface area contributed by atoms with Crippen molar-refractivity contribution in [2.45, 2.75) is 0 Å². The molecule has 0 saturated heterocycles. The minimum atomic E-state index is -6.00. The first-order valence-corrected chi connectivity index (χ1v) is 3.62. The summed E-state index contributed by atoms with van der Waals surface area (Å²) in [6.45, 7) is 0. The fraction of sp³-hybridized carbons (Fsp3) is 0. The van der Waals surface area contributed by atoms with Crippen LogP contribution in [0.1, 0.15) is 0 Å². The molecular weight excluding hydrogens is 179 g/mol. The van der Waals surface area contributed by atoms with E-state index < -0.39 is 7.25 Å². The van der Waals surface area contributed by atoms with E-state index in [9.17, 15) is 17.3 Å². The molecule has 6 heteroatoms. The highest BCUT2D eigenvalue weighted by Crippen LogP contribution is 2.06. The van der Waals surface area contributed by atoms with E-state index in [0.29, 0.717) is 0 Å². The van der Waals surface area contributed by atoms with Crippen molar-refractivity contribution < 1.29 is 17.3 Å². The zero-order chi connectivity index (χ0) is 8.74. The molecule has 1 heterocycles. The highest BCUT2D eigenvalue weighted by molar-refractivity contribution is 7.07. The van der Waals surface area contributed by atoms with Gasteiger partial charge < -0.3 is 17.3 Å². The molecule has 0 atom stereocenters. The van der Waals surface area contributed by atoms with E-state index >= 15 is 0 Å². The van der Waals surface area contributed by atoms with Crippen LogP contribution in [0, 0.1) is 0 Å². The van der Waals surface area contributed by atoms with Crippen LogP contribution in [0.15, 0.2) is 29.0 Å². The van der Waals surface area contributed by atoms with Crippen LogP contribution in [0.5, 0.6) is 0 Å². The summed E-state index contributed by atoms with van der Waals surface area (Å²) in [7, 11) is -6.00. The van der Waals surface area contributed by atoms with Gasteiger partial charge in [0.15, 0.2) is 10.8 Å². The summed E-state index contributed by atoms with van der Waals surface area (Å²) in [4.78, 5) is 0. The Labute approximate surface area is 65.6 Å². The van der Waals surface area contributed by atoms with Gasteiger partial charge in [0, 0.05) is 0 Å². The topological polar surface area (TPSA) is 0 Å². The Hall–Kier alpha value is -0.645. The van der Waals surface area contributed by atoms with Crippen LogP contribution in [-0.2, 0) is 0 Å². The van der Waals surface area contributed by atoms with E-state index in [1.54, 1.807) is 11.3 Å². The minimum absolute atomic E-state index is 1.70. The molecule has 0 aliphatic rings. The fourth-order valence-electron chi connectivity index (χ4n) is 0.291. The Bertz CT molecular complexity index is 143. The van der Waals surface area contributed by atoms with Gasteiger partial charge in [-0.2, -0.15) is 0 Å². The summed E-state index contributed by atoms with van der Waals surface area (Å²) in [6.07, 6.45) is 0. The van der Waals surface area contributed by atoms with E-state index in [1.807, 2.05) is 29.0 Å². The molecular formula is C5H5BF4S. The predicted octanol–water partition coefficient (Wildman–Crippen LogP) is 3.33. The molecule has 11 heavy (non-hydrogen) atoms. The van der Waals surface area contributed by atoms with Crippen LogP contribution < -0.4 is 0 Å². The maximum absolute atomic E-state index is 9.75. The van der Waals surface area contributed by atoms with Gasteiger partial charge in [-0.3, -0.25) is 0 Å². The molecule has 0 unspecified atom stereocenters. The Morgan fingerprint density at radius 3 is 1.27 bits per heavy atom. The third kappa shape index (κ3) is 17.6. The second-order valence-electron chi connectivity index (χ2n) is 1.48. The molecule has 1 aromatic heterocycles. The standard InChI is InChI=1S/C5H5S.BF4/c1-2-4-6-5-3-1;2-1(3,4)5/h1-5H;/q+1;-1. The summed E-state index contributed by atoms with van der Waals surface area (Å²) in [5.74, 6) is 0. The van der Waals surface area contributed by atoms with Crippen LogP contribution in [0.4, 0.5) is 17.3 Å². The van der Waals surface area contributed by atoms with Gasteiger partial charge in [-0.05, 0) is 12.1 Å². The molecule has 0 spiro atoms. The Morgan fingerprint density at radius 2 is 1.18 bits per heavy atom. The molecule has 0 aliphatic carbocycles. The van der Waals surface area contributed by atoms with Gasteiger partial charge >= 0.3 is 7.25 Å². The first-order valence-electron chi connectivity index (χ1n) is 2.68. The van der Waals surface area contributed by atoms with Gasteiger partial charge in [-0.15, -0.1) is 0 Å². The van der Waals surface area contributed by atoms with E-state index in [1.165, 1.54) is 0 Å². The maximum Gasteiger partial charge on any atom is 0.673 e. The molecule has 0 aliphatic heterocycles. The minimum Gasteiger partial charge on any atom is -0.418 e. The number of hydrogen-bond donors (Lipinski definition) is 0. The SMILES string of the molecule is F[B-](F)(F)F.c1cc[s+]cc1. The average Bonchev–Trinajstić information content (AvgIpc) is 1.88. The molecule has 0 aromatic carbocycles. The monoisotopic (exact) mass is 184 g/mol. The molecule has 1 aromatic rings. The molecule has 0 amide bonds. The van der Waals surface area contributed by atoms with Crippen LogP contribution in [-0.4, -0.2) is 7.25 Å². The zero-order valence-electron chi connectivity index (χ0n) is 5.38. The van der Waals surface area contributed by atoms with Crippen molar-refractivity contribution >= 4 is 18.6 Å². The summed E-state index contributed by atoms with van der Waals surface area (Å²) in [5.41, 5.74) is 0. The second-order valence-corrected chi connectivity index (χ2v) is 2.30. The first-order chi connectivity index (χ1) is 5.00. The fourth-order valence-corrected chi connectivity index (χ4v) is 0.745. The van der Waals surface area contributed by atoms with Gasteiger partial charge in [0.2, 0.25) is 11.3 Å². The Morgan fingerprint density at radius 1 is 0.818 bits per heavy atom. The van der Waals surface area contributed by atoms with Crippen LogP contribution in [0.3, 0.4) is 0 Å². The summed E-state index contributed by atoms with van der Waals surface area (Å²) in [5, 5.41) is 4.08. The molecule has 0 saturated carbocycles. The van der Waals surface area contributed by atoms with Crippen molar-refractivity contribution in [2.24, 2.45) is 0 Å². The van der Waals surface area contributed by atoms with Crippen molar-refractivity contribution in [3.05, 3.63) is 29.0 Å². The molecule has 1 rings (SSSR count). The van der Waals surface area contributed by atoms with Gasteiger partial charge in [0.05, 0.1) is 0 Å². The third-order valence-corrected chi connectivity index (χ3v) is 1.17. The van der Waals surface area contributed by atoms with Crippen molar-refractivity contribution in [1.29, 1.82) is 0 Å². The van der Waals surface area contributed by atoms with E-state index in [-0.39, 0.29) is 0 Å². The van der Waals surface area contributed by atoms with Gasteiger partial charge in [-0.25, -0.2) is 0 Å². The maximum atomic E-state index is 9.75. The van der Waals surface area contributed by atoms with Crippen molar-refractivity contribution in [3.8, 4) is 0 Å². The molecule has 0 nitrogen and oxygen atoms in total. The van der Waals surface area contributed by atoms with Crippen LogP contribution in [0.2, 0.25) is 0 Å². The Kier molecular flexibility index (Phi) is 4.77. The van der Waals surface area contributed by atoms with Crippen LogP contribution >= 0.6 is 11.3 Å². The van der Waals surface area contributed by atoms with Crippen molar-refractivity contribution in [3.63, 3.8) is 0 Å². The third-order valence-electron chi connectivity index (χ3n) is 0.536. The van der Waals surface area contributed by atoms with Crippen LogP contribution in [0.25, 0.3) is 0 Å². The molecule has 0 radical (unpaired) electrons. The molecule has 62 valence electrons. The first kappa shape index (κ1) is 10.4. The van der Waals surface area contributed by atoms with Gasteiger partial charge in [0.1, 0.15) is 0 Å². The Balaban J connectivity index is 0.000000187. The highest BCUT2D eigenvalue weighted by Gasteiger charge is 2.20. The van der Waals surface area contributed by atoms with E-state index in [4.69, 9.17) is 0 Å². The zero-order valence-corrected chi connectivity index (χ0v) is 6.20. The number of halogens is 4. The molecule has 0 fully saturated rings. The smallest absolute Gasteiger partial charge is 0.418 e. The second kappa shape index (κ2) is 5.06. The lowest BCUT2D eigenvalue weighted by Gasteiger charge is -1.94. The molecule has 0 N–H and O–H groups in total. The average molecular weight is 184 g/mol. The lowest BCUT2D eigenvalue weighted by molar-refractivity contribution is 0.368. The molecule has 0 bridgehead atoms. The summed E-state index contributed by atoms with van der Waals surface area (Å²) in [6, 6.07) is 6.05. The van der Waals surface area contributed by atoms with E-state index in [0.717, 1.165) is 0 Å². The van der Waals surface area contributed by atoms with Gasteiger partial charge in [0.25, 0.3) is 0 Å². The number of rotatable bonds is 0. The lowest BCUT2D eigenvalue weighted by atomic mass is 10.3. The quantitative estimate of drug-likeness (QED) is 0.329. The number of hydrogen-bond acceptors (Lipinski definition) is 0. The summed E-state index contributed by atoms with van der Waals surface area (Å²) >= 11 is 1.70. The van der Waals surface area contributed by atoms with Gasteiger partial charge in [-0.1, -0.05) is 6.07 Å². The lowest BCUT2D eigenvalue weighted by Crippen LogP contribution is -2.02. The summed E-state index contributed by atoms with van der Waals surface area (Å²) < 4.78 is 39.0. The largest absolute Gasteiger partial charge is 0.673 e. The normalized spacial score (nSPS) is 9.82. The highest BCUT2D eigenvalue weighted by atomic mass is 32.1. The predicted molar refractivity (Wildman–Crippen MR) is 38.9 cm³/mol. The van der Waals surface area contributed by atoms with E-state index in [2.05, 4.69) is 0 Å². The van der Waals surface area contributed by atoms with Crippen molar-refractivity contribution in [2.75, 3.05) is 0 Å². The van der Waals surface area contributed by atoms with Crippen molar-refractivity contribution in [1.82, 2.24) is 0 Å².